The van der Waals surface area contributed by atoms with Gasteiger partial charge < -0.3 is 15.3 Å². The van der Waals surface area contributed by atoms with E-state index in [-0.39, 0.29) is 5.75 Å². The lowest BCUT2D eigenvalue weighted by Gasteiger charge is -2.09. The van der Waals surface area contributed by atoms with Crippen molar-refractivity contribution in [1.82, 2.24) is 0 Å². The first kappa shape index (κ1) is 8.99. The van der Waals surface area contributed by atoms with Gasteiger partial charge in [0.2, 0.25) is 0 Å². The van der Waals surface area contributed by atoms with E-state index in [9.17, 15) is 5.11 Å². The van der Waals surface area contributed by atoms with Crippen LogP contribution in [0.5, 0.6) is 5.75 Å². The lowest BCUT2D eigenvalue weighted by atomic mass is 10.0. The first-order valence-corrected chi connectivity index (χ1v) is 4.27. The minimum absolute atomic E-state index is 0.144. The van der Waals surface area contributed by atoms with Crippen molar-refractivity contribution >= 4 is 10.8 Å². The normalized spacial score (nSPS) is 11.1. The summed E-state index contributed by atoms with van der Waals surface area (Å²) >= 11 is 0. The van der Waals surface area contributed by atoms with E-state index in [0.29, 0.717) is 16.3 Å². The number of fused-ring (bicyclic) bond motifs is 1. The molecule has 0 aliphatic carbocycles. The molecule has 0 aliphatic heterocycles. The van der Waals surface area contributed by atoms with E-state index in [1.54, 1.807) is 24.3 Å². The van der Waals surface area contributed by atoms with Gasteiger partial charge in [0.15, 0.2) is 6.29 Å². The van der Waals surface area contributed by atoms with Crippen molar-refractivity contribution in [2.24, 2.45) is 0 Å². The van der Waals surface area contributed by atoms with Gasteiger partial charge in [-0.25, -0.2) is 0 Å². The Labute approximate surface area is 80.9 Å². The standard InChI is InChI=1S/C11H10O3/c12-10-6-5-9(11(13)14)7-3-1-2-4-8(7)10/h1-6,11-14H. The van der Waals surface area contributed by atoms with Crippen LogP contribution in [0.4, 0.5) is 0 Å². The third-order valence-corrected chi connectivity index (χ3v) is 2.21. The molecule has 0 heterocycles. The highest BCUT2D eigenvalue weighted by atomic mass is 16.5. The molecule has 0 aromatic heterocycles. The Morgan fingerprint density at radius 2 is 1.50 bits per heavy atom. The quantitative estimate of drug-likeness (QED) is 0.597. The highest BCUT2D eigenvalue weighted by molar-refractivity contribution is 5.90. The summed E-state index contributed by atoms with van der Waals surface area (Å²) in [4.78, 5) is 0. The fraction of sp³-hybridized carbons (Fsp3) is 0.0909. The van der Waals surface area contributed by atoms with Crippen molar-refractivity contribution < 1.29 is 15.3 Å². The molecule has 0 spiro atoms. The van der Waals surface area contributed by atoms with Crippen molar-refractivity contribution in [3.05, 3.63) is 42.0 Å². The molecule has 3 heteroatoms. The molecule has 72 valence electrons. The molecule has 0 fully saturated rings. The zero-order valence-corrected chi connectivity index (χ0v) is 7.38. The number of hydrogen-bond acceptors (Lipinski definition) is 3. The molecule has 0 atom stereocenters. The average molecular weight is 190 g/mol. The molecule has 0 aliphatic rings. The van der Waals surface area contributed by atoms with Crippen LogP contribution in [0.25, 0.3) is 10.8 Å². The number of phenolic OH excluding ortho intramolecular Hbond substituents is 1. The molecule has 14 heavy (non-hydrogen) atoms. The SMILES string of the molecule is Oc1ccc(C(O)O)c2ccccc12. The summed E-state index contributed by atoms with van der Waals surface area (Å²) in [6, 6.07) is 10.0. The predicted molar refractivity (Wildman–Crippen MR) is 52.8 cm³/mol. The zero-order chi connectivity index (χ0) is 10.1. The molecule has 2 rings (SSSR count). The number of hydrogen-bond donors (Lipinski definition) is 3. The number of phenols is 1. The van der Waals surface area contributed by atoms with E-state index >= 15 is 0 Å². The monoisotopic (exact) mass is 190 g/mol. The molecule has 0 saturated heterocycles. The van der Waals surface area contributed by atoms with E-state index in [0.717, 1.165) is 0 Å². The van der Waals surface area contributed by atoms with Gasteiger partial charge in [0, 0.05) is 10.9 Å². The molecule has 0 unspecified atom stereocenters. The van der Waals surface area contributed by atoms with Crippen LogP contribution in [0, 0.1) is 0 Å². The Bertz CT molecular complexity index is 463. The Morgan fingerprint density at radius 1 is 0.857 bits per heavy atom. The van der Waals surface area contributed by atoms with Crippen molar-refractivity contribution in [2.75, 3.05) is 0 Å². The Morgan fingerprint density at radius 3 is 2.14 bits per heavy atom. The van der Waals surface area contributed by atoms with Gasteiger partial charge in [-0.3, -0.25) is 0 Å². The van der Waals surface area contributed by atoms with Crippen LogP contribution >= 0.6 is 0 Å². The first-order valence-electron chi connectivity index (χ1n) is 4.27. The predicted octanol–water partition coefficient (Wildman–Crippen LogP) is 1.53. The first-order chi connectivity index (χ1) is 6.70. The van der Waals surface area contributed by atoms with Gasteiger partial charge in [-0.05, 0) is 17.5 Å². The molecule has 3 N–H and O–H groups in total. The van der Waals surface area contributed by atoms with E-state index < -0.39 is 6.29 Å². The third kappa shape index (κ3) is 1.32. The number of aromatic hydroxyl groups is 1. The fourth-order valence-corrected chi connectivity index (χ4v) is 1.53. The van der Waals surface area contributed by atoms with Crippen molar-refractivity contribution in [2.45, 2.75) is 6.29 Å². The Balaban J connectivity index is 2.82. The minimum Gasteiger partial charge on any atom is -0.507 e. The van der Waals surface area contributed by atoms with E-state index in [2.05, 4.69) is 0 Å². The van der Waals surface area contributed by atoms with Crippen molar-refractivity contribution in [1.29, 1.82) is 0 Å². The van der Waals surface area contributed by atoms with Gasteiger partial charge in [0.05, 0.1) is 0 Å². The second kappa shape index (κ2) is 3.29. The van der Waals surface area contributed by atoms with Crippen LogP contribution in [-0.4, -0.2) is 15.3 Å². The van der Waals surface area contributed by atoms with Crippen molar-refractivity contribution in [3.8, 4) is 5.75 Å². The number of benzene rings is 2. The van der Waals surface area contributed by atoms with Crippen LogP contribution in [0.2, 0.25) is 0 Å². The molecule has 0 bridgehead atoms. The summed E-state index contributed by atoms with van der Waals surface area (Å²) in [6.07, 6.45) is -1.51. The molecule has 2 aromatic rings. The van der Waals surface area contributed by atoms with Crippen molar-refractivity contribution in [3.63, 3.8) is 0 Å². The Kier molecular flexibility index (Phi) is 2.11. The summed E-state index contributed by atoms with van der Waals surface area (Å²) in [5.41, 5.74) is 0.401. The summed E-state index contributed by atoms with van der Waals surface area (Å²) in [7, 11) is 0. The van der Waals surface area contributed by atoms with E-state index in [4.69, 9.17) is 10.2 Å². The topological polar surface area (TPSA) is 60.7 Å². The summed E-state index contributed by atoms with van der Waals surface area (Å²) < 4.78 is 0. The highest BCUT2D eigenvalue weighted by Crippen LogP contribution is 2.29. The van der Waals surface area contributed by atoms with Gasteiger partial charge in [-0.2, -0.15) is 0 Å². The molecular formula is C11H10O3. The summed E-state index contributed by atoms with van der Waals surface area (Å²) in [6.45, 7) is 0. The molecule has 0 saturated carbocycles. The second-order valence-corrected chi connectivity index (χ2v) is 3.09. The number of rotatable bonds is 1. The van der Waals surface area contributed by atoms with Crippen LogP contribution in [0.3, 0.4) is 0 Å². The fourth-order valence-electron chi connectivity index (χ4n) is 1.53. The lowest BCUT2D eigenvalue weighted by Crippen LogP contribution is -1.95. The largest absolute Gasteiger partial charge is 0.507 e. The third-order valence-electron chi connectivity index (χ3n) is 2.21. The highest BCUT2D eigenvalue weighted by Gasteiger charge is 2.09. The summed E-state index contributed by atoms with van der Waals surface area (Å²) in [5.74, 6) is 0.144. The molecule has 0 radical (unpaired) electrons. The zero-order valence-electron chi connectivity index (χ0n) is 7.38. The summed E-state index contributed by atoms with van der Waals surface area (Å²) in [5, 5.41) is 29.0. The maximum atomic E-state index is 9.51. The van der Waals surface area contributed by atoms with Gasteiger partial charge in [-0.15, -0.1) is 0 Å². The van der Waals surface area contributed by atoms with Crippen LogP contribution < -0.4 is 0 Å². The molecule has 0 amide bonds. The van der Waals surface area contributed by atoms with Crippen LogP contribution in [-0.2, 0) is 0 Å². The van der Waals surface area contributed by atoms with E-state index in [1.165, 1.54) is 12.1 Å². The Hall–Kier alpha value is -1.58. The smallest absolute Gasteiger partial charge is 0.179 e. The maximum Gasteiger partial charge on any atom is 0.179 e. The van der Waals surface area contributed by atoms with E-state index in [1.807, 2.05) is 0 Å². The van der Waals surface area contributed by atoms with Gasteiger partial charge >= 0.3 is 0 Å². The molecule has 2 aromatic carbocycles. The van der Waals surface area contributed by atoms with Crippen LogP contribution in [0.15, 0.2) is 36.4 Å². The van der Waals surface area contributed by atoms with Gasteiger partial charge in [-0.1, -0.05) is 24.3 Å². The maximum absolute atomic E-state index is 9.51. The number of aliphatic hydroxyl groups excluding tert-OH is 1. The van der Waals surface area contributed by atoms with Gasteiger partial charge in [0.25, 0.3) is 0 Å². The van der Waals surface area contributed by atoms with Gasteiger partial charge in [0.1, 0.15) is 5.75 Å². The molecule has 3 nitrogen and oxygen atoms in total. The van der Waals surface area contributed by atoms with Crippen LogP contribution in [0.1, 0.15) is 11.9 Å². The second-order valence-electron chi connectivity index (χ2n) is 3.09. The lowest BCUT2D eigenvalue weighted by molar-refractivity contribution is -0.0413. The molecular weight excluding hydrogens is 180 g/mol. The number of aliphatic hydroxyl groups is 2. The average Bonchev–Trinajstić information content (AvgIpc) is 2.18. The minimum atomic E-state index is -1.51.